The van der Waals surface area contributed by atoms with Gasteiger partial charge in [0.15, 0.2) is 0 Å². The first-order valence-corrected chi connectivity index (χ1v) is 3.87. The maximum atomic E-state index is 11.2. The number of amides is 1. The maximum absolute atomic E-state index is 11.2. The number of hydrogen-bond donors (Lipinski definition) is 1. The van der Waals surface area contributed by atoms with Gasteiger partial charge in [0.1, 0.15) is 12.2 Å². The van der Waals surface area contributed by atoms with Crippen LogP contribution < -0.4 is 17.7 Å². The van der Waals surface area contributed by atoms with Crippen molar-refractivity contribution in [1.29, 1.82) is 0 Å². The van der Waals surface area contributed by atoms with Crippen molar-refractivity contribution in [2.45, 2.75) is 0 Å². The molecule has 2 N–H and O–H groups in total. The normalized spacial score (nSPS) is 21.2. The van der Waals surface area contributed by atoms with Gasteiger partial charge in [-0.3, -0.25) is 5.32 Å². The molecule has 0 atom stereocenters. The van der Waals surface area contributed by atoms with E-state index < -0.39 is 0 Å². The third-order valence-corrected chi connectivity index (χ3v) is 2.04. The molecule has 0 aromatic carbocycles. The summed E-state index contributed by atoms with van der Waals surface area (Å²) >= 11 is 0. The van der Waals surface area contributed by atoms with Crippen LogP contribution >= 0.6 is 0 Å². The first-order chi connectivity index (χ1) is 5.38. The minimum absolute atomic E-state index is 0. The molecule has 3 nitrogen and oxygen atoms in total. The number of hydrogen-bond acceptors (Lipinski definition) is 2. The number of halogens is 1. The van der Waals surface area contributed by atoms with Crippen LogP contribution in [0.1, 0.15) is 0 Å². The summed E-state index contributed by atoms with van der Waals surface area (Å²) in [5.41, 5.74) is 0.860. The number of piperazine rings is 1. The molecule has 2 heterocycles. The fourth-order valence-electron chi connectivity index (χ4n) is 1.46. The average Bonchev–Trinajstić information content (AvgIpc) is 2.06. The minimum atomic E-state index is 0. The molecule has 0 aromatic rings. The van der Waals surface area contributed by atoms with E-state index in [0.717, 1.165) is 25.3 Å². The highest BCUT2D eigenvalue weighted by atomic mass is 35.5. The molecule has 66 valence electrons. The second kappa shape index (κ2) is 3.74. The Hall–Kier alpha value is -0.800. The highest BCUT2D eigenvalue weighted by molar-refractivity contribution is 5.86. The Bertz CT molecular complexity index is 247. The second-order valence-corrected chi connectivity index (χ2v) is 2.78. The molecule has 2 aliphatic rings. The highest BCUT2D eigenvalue weighted by Crippen LogP contribution is 2.09. The molecule has 1 amide bonds. The summed E-state index contributed by atoms with van der Waals surface area (Å²) in [6.45, 7) is 2.78. The van der Waals surface area contributed by atoms with Gasteiger partial charge >= 0.3 is 5.91 Å². The van der Waals surface area contributed by atoms with Crippen molar-refractivity contribution in [2.75, 3.05) is 19.6 Å². The highest BCUT2D eigenvalue weighted by Gasteiger charge is 2.25. The van der Waals surface area contributed by atoms with Crippen LogP contribution in [0.15, 0.2) is 23.9 Å². The number of carbonyl (C=O) groups is 1. The predicted molar refractivity (Wildman–Crippen MR) is 40.6 cm³/mol. The largest absolute Gasteiger partial charge is 1.00 e. The van der Waals surface area contributed by atoms with Crippen LogP contribution in [0.3, 0.4) is 0 Å². The molecule has 0 spiro atoms. The fourth-order valence-corrected chi connectivity index (χ4v) is 1.46. The lowest BCUT2D eigenvalue weighted by Gasteiger charge is -2.28. The number of nitrogens with zero attached hydrogens (tertiary/aromatic N) is 1. The van der Waals surface area contributed by atoms with Gasteiger partial charge in [-0.2, -0.15) is 0 Å². The van der Waals surface area contributed by atoms with Crippen LogP contribution in [0.5, 0.6) is 0 Å². The van der Waals surface area contributed by atoms with Crippen molar-refractivity contribution in [3.05, 3.63) is 23.9 Å². The van der Waals surface area contributed by atoms with Gasteiger partial charge in [-0.1, -0.05) is 12.2 Å². The van der Waals surface area contributed by atoms with E-state index in [1.54, 1.807) is 5.32 Å². The van der Waals surface area contributed by atoms with Gasteiger partial charge in [-0.25, -0.2) is 4.79 Å². The van der Waals surface area contributed by atoms with E-state index in [1.165, 1.54) is 0 Å². The smallest absolute Gasteiger partial charge is 0.358 e. The molecule has 0 bridgehead atoms. The molecular weight excluding hydrogens is 176 g/mol. The Labute approximate surface area is 77.5 Å². The van der Waals surface area contributed by atoms with Gasteiger partial charge in [-0.05, 0) is 6.08 Å². The Kier molecular flexibility index (Phi) is 2.89. The first kappa shape index (κ1) is 9.29. The van der Waals surface area contributed by atoms with E-state index in [-0.39, 0.29) is 18.3 Å². The molecule has 1 saturated heterocycles. The number of allylic oxidation sites excluding steroid dienone is 2. The van der Waals surface area contributed by atoms with Crippen molar-refractivity contribution in [2.24, 2.45) is 0 Å². The molecule has 4 heteroatoms. The van der Waals surface area contributed by atoms with Crippen molar-refractivity contribution in [3.8, 4) is 0 Å². The summed E-state index contributed by atoms with van der Waals surface area (Å²) < 4.78 is 0. The molecule has 0 saturated carbocycles. The van der Waals surface area contributed by atoms with E-state index in [4.69, 9.17) is 0 Å². The molecule has 0 unspecified atom stereocenters. The quantitative estimate of drug-likeness (QED) is 0.417. The van der Waals surface area contributed by atoms with E-state index in [2.05, 4.69) is 11.0 Å². The van der Waals surface area contributed by atoms with Crippen LogP contribution in [-0.2, 0) is 4.79 Å². The second-order valence-electron chi connectivity index (χ2n) is 2.78. The summed E-state index contributed by atoms with van der Waals surface area (Å²) in [4.78, 5) is 13.3. The Morgan fingerprint density at radius 3 is 3.08 bits per heavy atom. The Balaban J connectivity index is 0.000000720. The van der Waals surface area contributed by atoms with Crippen molar-refractivity contribution >= 4 is 5.91 Å². The van der Waals surface area contributed by atoms with E-state index in [1.807, 2.05) is 12.2 Å². The number of primary amides is 1. The van der Waals surface area contributed by atoms with Crippen LogP contribution in [0.4, 0.5) is 0 Å². The zero-order chi connectivity index (χ0) is 7.68. The molecule has 0 radical (unpaired) electrons. The zero-order valence-corrected chi connectivity index (χ0v) is 7.42. The van der Waals surface area contributed by atoms with Gasteiger partial charge in [0.05, 0.1) is 6.54 Å². The SMILES string of the molecule is O=C1[NH2+]CCN2CC=CC=C12.[Cl-]. The minimum Gasteiger partial charge on any atom is -1.00 e. The monoisotopic (exact) mass is 186 g/mol. The maximum Gasteiger partial charge on any atom is 0.358 e. The molecule has 0 aromatic heterocycles. The van der Waals surface area contributed by atoms with Gasteiger partial charge < -0.3 is 17.3 Å². The Morgan fingerprint density at radius 2 is 2.33 bits per heavy atom. The number of nitrogens with two attached hydrogens (primary N) is 1. The van der Waals surface area contributed by atoms with E-state index in [0.29, 0.717) is 0 Å². The molecule has 1 fully saturated rings. The third kappa shape index (κ3) is 1.52. The summed E-state index contributed by atoms with van der Waals surface area (Å²) in [5.74, 6) is 0.181. The van der Waals surface area contributed by atoms with E-state index >= 15 is 0 Å². The van der Waals surface area contributed by atoms with Crippen molar-refractivity contribution in [3.63, 3.8) is 0 Å². The number of fused-ring (bicyclic) bond motifs is 1. The fraction of sp³-hybridized carbons (Fsp3) is 0.375. The van der Waals surface area contributed by atoms with Gasteiger partial charge in [0, 0.05) is 6.54 Å². The van der Waals surface area contributed by atoms with Crippen LogP contribution in [0, 0.1) is 0 Å². The average molecular weight is 187 g/mol. The lowest BCUT2D eigenvalue weighted by molar-refractivity contribution is -0.571. The standard InChI is InChI=1S/C8H10N2O.ClH/c11-8-7-3-1-2-5-10(7)6-4-9-8;/h1-3H,4-6H2,(H,9,11);1H. The number of carbonyl (C=O) groups excluding carboxylic acids is 1. The lowest BCUT2D eigenvalue weighted by atomic mass is 10.2. The third-order valence-electron chi connectivity index (χ3n) is 2.04. The van der Waals surface area contributed by atoms with Gasteiger partial charge in [0.25, 0.3) is 0 Å². The molecule has 2 aliphatic heterocycles. The summed E-state index contributed by atoms with van der Waals surface area (Å²) in [6, 6.07) is 0. The molecule has 2 rings (SSSR count). The van der Waals surface area contributed by atoms with Crippen LogP contribution in [0.2, 0.25) is 0 Å². The van der Waals surface area contributed by atoms with Crippen molar-refractivity contribution < 1.29 is 22.5 Å². The summed E-state index contributed by atoms with van der Waals surface area (Å²) in [7, 11) is 0. The number of quaternary nitrogens is 1. The van der Waals surface area contributed by atoms with Crippen LogP contribution in [-0.4, -0.2) is 30.4 Å². The topological polar surface area (TPSA) is 36.9 Å². The van der Waals surface area contributed by atoms with Gasteiger partial charge in [-0.15, -0.1) is 0 Å². The summed E-state index contributed by atoms with van der Waals surface area (Å²) in [6.07, 6.45) is 5.91. The molecule has 0 aliphatic carbocycles. The molecular formula is C8H11ClN2O. The van der Waals surface area contributed by atoms with Gasteiger partial charge in [0.2, 0.25) is 0 Å². The zero-order valence-electron chi connectivity index (χ0n) is 6.66. The number of rotatable bonds is 0. The Morgan fingerprint density at radius 1 is 1.50 bits per heavy atom. The summed E-state index contributed by atoms with van der Waals surface area (Å²) in [5, 5.41) is 1.77. The van der Waals surface area contributed by atoms with E-state index in [9.17, 15) is 4.79 Å². The molecule has 12 heavy (non-hydrogen) atoms. The van der Waals surface area contributed by atoms with Crippen LogP contribution in [0.25, 0.3) is 0 Å². The first-order valence-electron chi connectivity index (χ1n) is 3.87. The van der Waals surface area contributed by atoms with Crippen molar-refractivity contribution in [1.82, 2.24) is 4.90 Å². The lowest BCUT2D eigenvalue weighted by Crippen LogP contribution is -3.00. The predicted octanol–water partition coefficient (Wildman–Crippen LogP) is -4.15.